The summed E-state index contributed by atoms with van der Waals surface area (Å²) in [5, 5.41) is 13.6. The van der Waals surface area contributed by atoms with Crippen molar-refractivity contribution in [1.82, 2.24) is 5.43 Å². The smallest absolute Gasteiger partial charge is 0.257 e. The van der Waals surface area contributed by atoms with E-state index in [1.807, 2.05) is 12.1 Å². The minimum absolute atomic E-state index is 0.172. The van der Waals surface area contributed by atoms with E-state index in [1.165, 1.54) is 6.21 Å². The van der Waals surface area contributed by atoms with Crippen molar-refractivity contribution >= 4 is 23.7 Å². The lowest BCUT2D eigenvalue weighted by Crippen LogP contribution is -2.39. The van der Waals surface area contributed by atoms with Crippen molar-refractivity contribution in [3.63, 3.8) is 0 Å². The molecule has 22 heavy (non-hydrogen) atoms. The monoisotopic (exact) mass is 317 g/mol. The number of hydrazone groups is 1. The second kappa shape index (κ2) is 7.59. The van der Waals surface area contributed by atoms with Crippen LogP contribution in [0.15, 0.2) is 53.6 Å². The molecule has 5 nitrogen and oxygen atoms in total. The predicted molar refractivity (Wildman–Crippen MR) is 87.0 cm³/mol. The Balaban J connectivity index is 1.89. The number of hydrogen-bond donors (Lipinski definition) is 3. The molecule has 6 heteroatoms. The number of nitrogens with zero attached hydrogens (tertiary/aromatic N) is 1. The van der Waals surface area contributed by atoms with Gasteiger partial charge in [0, 0.05) is 10.6 Å². The lowest BCUT2D eigenvalue weighted by atomic mass is 10.1. The normalized spacial score (nSPS) is 12.3. The van der Waals surface area contributed by atoms with E-state index in [1.54, 1.807) is 36.4 Å². The number of hydrogen-bond acceptors (Lipinski definition) is 4. The quantitative estimate of drug-likeness (QED) is 0.582. The first-order chi connectivity index (χ1) is 10.6. The molecule has 0 unspecified atom stereocenters. The number of rotatable bonds is 5. The molecule has 0 fully saturated rings. The predicted octanol–water partition coefficient (Wildman–Crippen LogP) is 2.07. The fraction of sp³-hybridized carbons (Fsp3) is 0.125. The minimum atomic E-state index is -0.729. The molecule has 2 aromatic carbocycles. The molecule has 0 aromatic heterocycles. The van der Waals surface area contributed by atoms with E-state index < -0.39 is 11.9 Å². The molecule has 0 bridgehead atoms. The van der Waals surface area contributed by atoms with Crippen molar-refractivity contribution in [3.05, 3.63) is 64.7 Å². The van der Waals surface area contributed by atoms with E-state index in [2.05, 4.69) is 10.5 Å². The van der Waals surface area contributed by atoms with Crippen LogP contribution in [0.5, 0.6) is 5.75 Å². The van der Waals surface area contributed by atoms with E-state index >= 15 is 0 Å². The second-order valence-electron chi connectivity index (χ2n) is 4.73. The van der Waals surface area contributed by atoms with Crippen LogP contribution in [-0.4, -0.2) is 23.3 Å². The van der Waals surface area contributed by atoms with Crippen LogP contribution in [0.25, 0.3) is 0 Å². The number of aromatic hydroxyl groups is 1. The molecule has 0 aliphatic heterocycles. The summed E-state index contributed by atoms with van der Waals surface area (Å²) in [4.78, 5) is 11.9. The highest BCUT2D eigenvalue weighted by Crippen LogP contribution is 2.12. The Morgan fingerprint density at radius 1 is 1.27 bits per heavy atom. The van der Waals surface area contributed by atoms with E-state index in [4.69, 9.17) is 17.3 Å². The molecule has 2 aromatic rings. The summed E-state index contributed by atoms with van der Waals surface area (Å²) in [6, 6.07) is 13.0. The van der Waals surface area contributed by atoms with Crippen LogP contribution in [-0.2, 0) is 11.2 Å². The van der Waals surface area contributed by atoms with Crippen molar-refractivity contribution in [3.8, 4) is 5.75 Å². The standard InChI is InChI=1S/C16H16ClN3O2/c17-14-4-2-1-3-12(14)10-19-20-16(22)15(18)9-11-5-7-13(21)8-6-11/h1-8,10,15,21H,9,18H2,(H,20,22)/b19-10-/t15-/m0/s1. The molecule has 0 heterocycles. The van der Waals surface area contributed by atoms with Crippen molar-refractivity contribution < 1.29 is 9.90 Å². The van der Waals surface area contributed by atoms with Crippen LogP contribution in [0.3, 0.4) is 0 Å². The van der Waals surface area contributed by atoms with Gasteiger partial charge in [0.15, 0.2) is 0 Å². The van der Waals surface area contributed by atoms with Crippen LogP contribution in [0, 0.1) is 0 Å². The maximum atomic E-state index is 11.9. The molecular weight excluding hydrogens is 302 g/mol. The zero-order valence-electron chi connectivity index (χ0n) is 11.7. The number of nitrogens with two attached hydrogens (primary N) is 1. The average molecular weight is 318 g/mol. The molecule has 0 aliphatic rings. The van der Waals surface area contributed by atoms with Gasteiger partial charge in [0.1, 0.15) is 5.75 Å². The van der Waals surface area contributed by atoms with Gasteiger partial charge in [-0.2, -0.15) is 5.10 Å². The van der Waals surface area contributed by atoms with Crippen molar-refractivity contribution in [1.29, 1.82) is 0 Å². The Bertz CT molecular complexity index is 671. The van der Waals surface area contributed by atoms with Crippen LogP contribution in [0.1, 0.15) is 11.1 Å². The third-order valence-corrected chi connectivity index (χ3v) is 3.36. The third kappa shape index (κ3) is 4.58. The molecule has 0 radical (unpaired) electrons. The van der Waals surface area contributed by atoms with Gasteiger partial charge in [-0.05, 0) is 30.2 Å². The van der Waals surface area contributed by atoms with Gasteiger partial charge in [0.05, 0.1) is 12.3 Å². The SMILES string of the molecule is N[C@@H](Cc1ccc(O)cc1)C(=O)N/N=C\c1ccccc1Cl. The van der Waals surface area contributed by atoms with E-state index in [0.717, 1.165) is 5.56 Å². The van der Waals surface area contributed by atoms with Crippen molar-refractivity contribution in [2.24, 2.45) is 10.8 Å². The highest BCUT2D eigenvalue weighted by atomic mass is 35.5. The van der Waals surface area contributed by atoms with Crippen LogP contribution in [0.2, 0.25) is 5.02 Å². The first-order valence-corrected chi connectivity index (χ1v) is 7.05. The Hall–Kier alpha value is -2.37. The van der Waals surface area contributed by atoms with E-state index in [9.17, 15) is 9.90 Å². The summed E-state index contributed by atoms with van der Waals surface area (Å²) in [6.07, 6.45) is 1.82. The average Bonchev–Trinajstić information content (AvgIpc) is 2.51. The summed E-state index contributed by atoms with van der Waals surface area (Å²) in [5.41, 5.74) is 9.77. The van der Waals surface area contributed by atoms with Gasteiger partial charge in [-0.25, -0.2) is 5.43 Å². The molecule has 0 spiro atoms. The van der Waals surface area contributed by atoms with E-state index in [-0.39, 0.29) is 5.75 Å². The molecule has 1 amide bonds. The second-order valence-corrected chi connectivity index (χ2v) is 5.14. The molecule has 0 saturated carbocycles. The molecule has 0 saturated heterocycles. The van der Waals surface area contributed by atoms with Gasteiger partial charge < -0.3 is 10.8 Å². The lowest BCUT2D eigenvalue weighted by Gasteiger charge is -2.09. The summed E-state index contributed by atoms with van der Waals surface area (Å²) in [5.74, 6) is -0.220. The number of halogens is 1. The molecule has 0 aliphatic carbocycles. The van der Waals surface area contributed by atoms with Gasteiger partial charge >= 0.3 is 0 Å². The summed E-state index contributed by atoms with van der Waals surface area (Å²) in [6.45, 7) is 0. The Morgan fingerprint density at radius 2 is 1.95 bits per heavy atom. The minimum Gasteiger partial charge on any atom is -0.508 e. The fourth-order valence-corrected chi connectivity index (χ4v) is 1.99. The number of phenols is 1. The van der Waals surface area contributed by atoms with Gasteiger partial charge in [0.25, 0.3) is 5.91 Å². The highest BCUT2D eigenvalue weighted by Gasteiger charge is 2.13. The Morgan fingerprint density at radius 3 is 2.64 bits per heavy atom. The Kier molecular flexibility index (Phi) is 5.52. The fourth-order valence-electron chi connectivity index (χ4n) is 1.81. The van der Waals surface area contributed by atoms with E-state index in [0.29, 0.717) is 17.0 Å². The lowest BCUT2D eigenvalue weighted by molar-refractivity contribution is -0.122. The molecule has 2 rings (SSSR count). The van der Waals surface area contributed by atoms with Crippen LogP contribution < -0.4 is 11.2 Å². The number of phenolic OH excluding ortho intramolecular Hbond substituents is 1. The van der Waals surface area contributed by atoms with Gasteiger partial charge in [0.2, 0.25) is 0 Å². The van der Waals surface area contributed by atoms with Gasteiger partial charge in [-0.3, -0.25) is 4.79 Å². The summed E-state index contributed by atoms with van der Waals surface area (Å²) in [7, 11) is 0. The van der Waals surface area contributed by atoms with Gasteiger partial charge in [-0.15, -0.1) is 0 Å². The molecule has 1 atom stereocenters. The molecular formula is C16H16ClN3O2. The van der Waals surface area contributed by atoms with Crippen molar-refractivity contribution in [2.75, 3.05) is 0 Å². The maximum absolute atomic E-state index is 11.9. The summed E-state index contributed by atoms with van der Waals surface area (Å²) < 4.78 is 0. The first-order valence-electron chi connectivity index (χ1n) is 6.67. The topological polar surface area (TPSA) is 87.7 Å². The number of amides is 1. The maximum Gasteiger partial charge on any atom is 0.257 e. The zero-order valence-corrected chi connectivity index (χ0v) is 12.5. The number of carbonyl (C=O) groups is 1. The van der Waals surface area contributed by atoms with Gasteiger partial charge in [-0.1, -0.05) is 41.9 Å². The number of nitrogens with one attached hydrogen (secondary N) is 1. The third-order valence-electron chi connectivity index (χ3n) is 3.01. The Labute approximate surface area is 133 Å². The first kappa shape index (κ1) is 16.0. The summed E-state index contributed by atoms with van der Waals surface area (Å²) >= 11 is 5.97. The highest BCUT2D eigenvalue weighted by molar-refractivity contribution is 6.33. The molecule has 4 N–H and O–H groups in total. The zero-order chi connectivity index (χ0) is 15.9. The molecule has 114 valence electrons. The van der Waals surface area contributed by atoms with Crippen LogP contribution >= 0.6 is 11.6 Å². The number of benzene rings is 2. The van der Waals surface area contributed by atoms with Crippen molar-refractivity contribution in [2.45, 2.75) is 12.5 Å². The van der Waals surface area contributed by atoms with Crippen LogP contribution in [0.4, 0.5) is 0 Å². The largest absolute Gasteiger partial charge is 0.508 e. The number of carbonyl (C=O) groups excluding carboxylic acids is 1.